The van der Waals surface area contributed by atoms with E-state index >= 15 is 0 Å². The highest BCUT2D eigenvalue weighted by Crippen LogP contribution is 2.41. The van der Waals surface area contributed by atoms with E-state index in [2.05, 4.69) is 32.1 Å². The van der Waals surface area contributed by atoms with Gasteiger partial charge in [-0.3, -0.25) is 37.9 Å². The van der Waals surface area contributed by atoms with E-state index < -0.39 is 106 Å². The maximum atomic E-state index is 13.2. The zero-order chi connectivity index (χ0) is 84.1. The molecular formula is C76H104FN13O23S2. The van der Waals surface area contributed by atoms with Crippen molar-refractivity contribution in [1.82, 2.24) is 49.1 Å². The van der Waals surface area contributed by atoms with Crippen LogP contribution in [-0.4, -0.2) is 228 Å². The first-order valence-corrected chi connectivity index (χ1v) is 39.7. The van der Waals surface area contributed by atoms with Crippen molar-refractivity contribution in [2.45, 2.75) is 217 Å². The number of nitrogens with two attached hydrogens (primary N) is 3. The molecule has 0 bridgehead atoms. The molecule has 0 spiro atoms. The second-order valence-corrected chi connectivity index (χ2v) is 32.2. The number of thioether (sulfide) groups is 2. The predicted octanol–water partition coefficient (Wildman–Crippen LogP) is 3.92. The van der Waals surface area contributed by atoms with Gasteiger partial charge in [-0.05, 0) is 80.6 Å². The van der Waals surface area contributed by atoms with Crippen LogP contribution in [0.15, 0.2) is 87.5 Å². The Balaban J connectivity index is 0.000000169. The van der Waals surface area contributed by atoms with E-state index in [1.165, 1.54) is 69.0 Å². The van der Waals surface area contributed by atoms with Crippen LogP contribution in [0.3, 0.4) is 0 Å². The number of methoxy groups -OCH3 is 2. The topological polar surface area (TPSA) is 515 Å². The van der Waals surface area contributed by atoms with Gasteiger partial charge in [-0.1, -0.05) is 83.5 Å². The number of anilines is 2. The normalized spacial score (nSPS) is 27.1. The number of carbonyl (C=O) groups excluding carboxylic acids is 6. The number of carboxylic acid groups (broad SMARTS) is 1. The lowest BCUT2D eigenvalue weighted by Gasteiger charge is -2.45. The first-order chi connectivity index (χ1) is 54.5. The number of rotatable bonds is 16. The molecule has 7 saturated heterocycles. The van der Waals surface area contributed by atoms with E-state index in [0.29, 0.717) is 64.4 Å². The summed E-state index contributed by atoms with van der Waals surface area (Å²) in [6.07, 6.45) is 9.44. The maximum absolute atomic E-state index is 13.2. The van der Waals surface area contributed by atoms with Crippen LogP contribution in [0.25, 0.3) is 22.4 Å². The van der Waals surface area contributed by atoms with Gasteiger partial charge in [0.1, 0.15) is 54.1 Å². The van der Waals surface area contributed by atoms with Gasteiger partial charge in [-0.2, -0.15) is 9.97 Å². The number of carbonyl (C=O) groups is 7. The number of nitrogens with one attached hydrogen (secondary N) is 2. The molecule has 8 fully saturated rings. The highest BCUT2D eigenvalue weighted by molar-refractivity contribution is 8.00. The number of piperidine rings is 2. The van der Waals surface area contributed by atoms with E-state index in [1.807, 2.05) is 53.7 Å². The summed E-state index contributed by atoms with van der Waals surface area (Å²) in [6, 6.07) is 12.0. The summed E-state index contributed by atoms with van der Waals surface area (Å²) in [4.78, 5) is 122. The number of carboxylic acids is 1. The summed E-state index contributed by atoms with van der Waals surface area (Å²) in [6.45, 7) is 14.8. The van der Waals surface area contributed by atoms with E-state index in [9.17, 15) is 57.8 Å². The van der Waals surface area contributed by atoms with E-state index in [-0.39, 0.29) is 91.7 Å². The van der Waals surface area contributed by atoms with Gasteiger partial charge in [0.15, 0.2) is 41.9 Å². The van der Waals surface area contributed by atoms with Gasteiger partial charge in [-0.15, -0.1) is 0 Å². The fourth-order valence-corrected chi connectivity index (χ4v) is 15.8. The monoisotopic (exact) mass is 1650 g/mol. The molecule has 1 saturated carbocycles. The number of Topliss-reactive ketones (excluding diaryl/α,β-unsaturated/α-hetero) is 2. The van der Waals surface area contributed by atoms with Crippen LogP contribution in [0.1, 0.15) is 154 Å². The lowest BCUT2D eigenvalue weighted by atomic mass is 9.75. The molecule has 14 N–H and O–H groups in total. The number of amides is 4. The molecule has 39 heteroatoms. The Morgan fingerprint density at radius 2 is 1.31 bits per heavy atom. The minimum Gasteiger partial charge on any atom is -0.493 e. The minimum absolute atomic E-state index is 0.0396. The average molecular weight is 1650 g/mol. The second kappa shape index (κ2) is 39.8. The molecule has 15 atom stereocenters. The number of nitrogens with zero attached hydrogens (tertiary/aromatic N) is 8. The van der Waals surface area contributed by atoms with Gasteiger partial charge in [0.05, 0.1) is 88.1 Å². The number of aliphatic hydroxyl groups excluding tert-OH is 5. The number of aromatic nitrogens is 6. The first-order valence-electron chi connectivity index (χ1n) is 37.6. The third kappa shape index (κ3) is 22.2. The highest BCUT2D eigenvalue weighted by atomic mass is 32.2. The number of hydrogen-bond acceptors (Lipinski definition) is 30. The van der Waals surface area contributed by atoms with E-state index in [4.69, 9.17) is 80.2 Å². The van der Waals surface area contributed by atoms with Crippen molar-refractivity contribution >= 4 is 87.4 Å². The van der Waals surface area contributed by atoms with Gasteiger partial charge < -0.3 is 110 Å². The van der Waals surface area contributed by atoms with Gasteiger partial charge in [0, 0.05) is 90.9 Å². The fourth-order valence-electron chi connectivity index (χ4n) is 14.3. The van der Waals surface area contributed by atoms with E-state index in [0.717, 1.165) is 65.3 Å². The maximum Gasteiger partial charge on any atom is 0.351 e. The number of benzene rings is 2. The highest BCUT2D eigenvalue weighted by Gasteiger charge is 2.52. The molecule has 4 amide bonds. The Bertz CT molecular complexity index is 4500. The molecule has 11 heterocycles. The van der Waals surface area contributed by atoms with E-state index in [1.54, 1.807) is 52.7 Å². The number of nitrogen functional groups attached to an aromatic ring is 2. The number of imidazole rings is 1. The van der Waals surface area contributed by atoms with Crippen LogP contribution in [0, 0.1) is 22.6 Å². The summed E-state index contributed by atoms with van der Waals surface area (Å²) in [5.74, 6) is -0.173. The molecule has 4 aromatic heterocycles. The van der Waals surface area contributed by atoms with Crippen molar-refractivity contribution in [1.29, 1.82) is 0 Å². The molecule has 14 rings (SSSR count). The SMILES string of the molecule is CC(=O)NC1CC(N2C(=O)CC(=O)C(C)(C)C2C)OC1CO.CC1COC(O)C1.CC1N(C2CC(N)C(CO)O2)C(=O)CC(=O)C1(C)C.COc1ccc(CC(NC(=O)c2ccc3c(c2)nc(-c2ccoc2)n3C2CCCCC2)C(=O)O)cc1OC.Nc1ccn(C2CSC(O)O2)c(=O)n1.Nc1nc(=O)n(C2CSC(O)O2)cc1F. The summed E-state index contributed by atoms with van der Waals surface area (Å²) < 4.78 is 59.7. The van der Waals surface area contributed by atoms with Crippen LogP contribution in [0.2, 0.25) is 0 Å². The van der Waals surface area contributed by atoms with Gasteiger partial charge >= 0.3 is 17.3 Å². The lowest BCUT2D eigenvalue weighted by molar-refractivity contribution is -0.170. The number of ether oxygens (including phenoxy) is 7. The minimum atomic E-state index is -1.13. The summed E-state index contributed by atoms with van der Waals surface area (Å²) >= 11 is 2.34. The fraction of sp³-hybridized carbons (Fsp3) is 0.579. The summed E-state index contributed by atoms with van der Waals surface area (Å²) in [7, 11) is 3.05. The van der Waals surface area contributed by atoms with Gasteiger partial charge in [0.2, 0.25) is 29.0 Å². The van der Waals surface area contributed by atoms with Crippen molar-refractivity contribution in [2.24, 2.45) is 22.5 Å². The number of ketones is 2. The van der Waals surface area contributed by atoms with Crippen LogP contribution in [0.4, 0.5) is 16.0 Å². The van der Waals surface area contributed by atoms with Crippen LogP contribution < -0.4 is 48.7 Å². The first kappa shape index (κ1) is 90.0. The number of aliphatic carboxylic acids is 1. The van der Waals surface area contributed by atoms with Gasteiger partial charge in [-0.25, -0.2) is 23.8 Å². The Kier molecular flexibility index (Phi) is 31.1. The number of furan rings is 1. The number of hydrogen-bond donors (Lipinski definition) is 11. The van der Waals surface area contributed by atoms with Crippen molar-refractivity contribution < 1.29 is 106 Å². The van der Waals surface area contributed by atoms with Crippen molar-refractivity contribution in [3.8, 4) is 22.9 Å². The Hall–Kier alpha value is -8.97. The van der Waals surface area contributed by atoms with Crippen LogP contribution >= 0.6 is 23.5 Å². The molecule has 7 aliphatic heterocycles. The zero-order valence-corrected chi connectivity index (χ0v) is 67.2. The lowest BCUT2D eigenvalue weighted by Crippen LogP contribution is -2.59. The molecule has 36 nitrogen and oxygen atoms in total. The predicted molar refractivity (Wildman–Crippen MR) is 416 cm³/mol. The molecule has 8 aliphatic rings. The summed E-state index contributed by atoms with van der Waals surface area (Å²) in [5, 5.41) is 60.6. The molecule has 6 aromatic rings. The Morgan fingerprint density at radius 1 is 0.722 bits per heavy atom. The number of halogens is 1. The molecule has 1 aliphatic carbocycles. The Labute approximate surface area is 670 Å². The third-order valence-corrected chi connectivity index (χ3v) is 23.3. The molecular weight excluding hydrogens is 1550 g/mol. The largest absolute Gasteiger partial charge is 0.493 e. The van der Waals surface area contributed by atoms with Crippen molar-refractivity contribution in [3.63, 3.8) is 0 Å². The molecule has 0 radical (unpaired) electrons. The quantitative estimate of drug-likeness (QED) is 0.0612. The second-order valence-electron chi connectivity index (χ2n) is 30.0. The zero-order valence-electron chi connectivity index (χ0n) is 65.6. The number of aliphatic hydroxyl groups is 5. The van der Waals surface area contributed by atoms with Gasteiger partial charge in [0.25, 0.3) is 5.91 Å². The van der Waals surface area contributed by atoms with Crippen LogP contribution in [0.5, 0.6) is 11.5 Å². The standard InChI is InChI=1S/C29H31N3O6.C15H24N2O5.C13H22N2O4.C7H8FN3O3S.C7H9N3O3S.C5H10O2/c1-36-25-11-8-18(15-26(25)37-2)14-23(29(34)35)31-28(33)19-9-10-24-22(16-19)30-27(20-12-13-38-17-20)32(24)21-6-4-3-5-7-21;1-8-15(3,4)12(20)6-13(21)17(8)14-5-10(16-9(2)19)11(7-18)22-14;1-7-13(2,3)10(17)5-11(18)15(7)12-4-8(14)9(6-16)19-12;8-3-1-11(6(12)10-5(3)9)4-2-15-7(13)14-4;8-4-1-2-10(6(11)9-4)5-3-14-7(12)13-5;1-4-2-5(6)7-3-4/h8-13,15-17,21,23H,3-7,14H2,1-2H3,(H,31,33)(H,34,35);8,10-11,14,18H,5-7H2,1-4H3,(H,16,19);7-9,12,16H,4-6,14H2,1-3H3;1,4,7,13H,2H2,(H2,9,10,12);1-2,5,7,12H,3H2,(H2,8,9,11);4-6H,2-3H2,1H3. The van der Waals surface area contributed by atoms with Crippen LogP contribution in [-0.2, 0) is 58.9 Å². The third-order valence-electron chi connectivity index (χ3n) is 21.5. The summed E-state index contributed by atoms with van der Waals surface area (Å²) in [5.41, 5.74) is 15.6. The smallest absolute Gasteiger partial charge is 0.351 e. The van der Waals surface area contributed by atoms with Crippen molar-refractivity contribution in [2.75, 3.05) is 57.0 Å². The average Bonchev–Trinajstić information content (AvgIpc) is 1.71. The number of likely N-dealkylation sites (tertiary alicyclic amines) is 2. The molecule has 2 aromatic carbocycles. The number of fused-ring (bicyclic) bond motifs is 1. The Morgan fingerprint density at radius 3 is 1.82 bits per heavy atom. The molecule has 115 heavy (non-hydrogen) atoms. The molecule has 630 valence electrons. The molecule has 15 unspecified atom stereocenters. The van der Waals surface area contributed by atoms with Crippen molar-refractivity contribution in [3.05, 3.63) is 111 Å².